The monoisotopic (exact) mass is 276 g/mol. The minimum Gasteiger partial charge on any atom is -0.384 e. The third-order valence-electron chi connectivity index (χ3n) is 5.21. The molecule has 7 nitrogen and oxygen atoms in total. The van der Waals surface area contributed by atoms with Crippen LogP contribution in [0.4, 0.5) is 0 Å². The first kappa shape index (κ1) is 12.9. The zero-order valence-corrected chi connectivity index (χ0v) is 11.1. The topological polar surface area (TPSA) is 128 Å². The van der Waals surface area contributed by atoms with Crippen molar-refractivity contribution in [3.63, 3.8) is 0 Å². The number of nitrogens with two attached hydrogens (primary N) is 1. The molecule has 0 aromatic heterocycles. The lowest BCUT2D eigenvalue weighted by atomic mass is 9.54. The Morgan fingerprint density at radius 2 is 1.95 bits per heavy atom. The van der Waals surface area contributed by atoms with Crippen LogP contribution in [0.25, 0.3) is 0 Å². The van der Waals surface area contributed by atoms with Crippen LogP contribution in [-0.2, 0) is 9.59 Å². The van der Waals surface area contributed by atoms with Crippen LogP contribution in [0.1, 0.15) is 32.6 Å². The van der Waals surface area contributed by atoms with Crippen molar-refractivity contribution in [2.75, 3.05) is 0 Å². The molecule has 106 valence electrons. The number of amides is 2. The van der Waals surface area contributed by atoms with E-state index in [2.05, 4.69) is 10.6 Å². The third-order valence-corrected chi connectivity index (χ3v) is 5.21. The first-order valence-corrected chi connectivity index (χ1v) is 6.60. The minimum absolute atomic E-state index is 0.0830. The van der Waals surface area contributed by atoms with Crippen molar-refractivity contribution in [2.45, 2.75) is 38.3 Å². The molecule has 3 atom stereocenters. The maximum absolute atomic E-state index is 12.5. The highest BCUT2D eigenvalue weighted by Crippen LogP contribution is 2.62. The fourth-order valence-corrected chi connectivity index (χ4v) is 4.05. The van der Waals surface area contributed by atoms with E-state index in [9.17, 15) is 20.0 Å². The number of nitrogens with one attached hydrogen (secondary N) is 2. The molecule has 3 aliphatic rings. The molecule has 0 unspecified atom stereocenters. The fourth-order valence-electron chi connectivity index (χ4n) is 4.05. The Bertz CT molecular complexity index is 607. The summed E-state index contributed by atoms with van der Waals surface area (Å²) in [5.74, 6) is -1.35. The second-order valence-corrected chi connectivity index (χ2v) is 5.96. The van der Waals surface area contributed by atoms with Crippen LogP contribution in [0.3, 0.4) is 0 Å². The van der Waals surface area contributed by atoms with E-state index in [1.165, 1.54) is 0 Å². The molecule has 0 bridgehead atoms. The number of nitriles is 1. The van der Waals surface area contributed by atoms with Crippen molar-refractivity contribution in [2.24, 2.45) is 16.6 Å². The average molecular weight is 276 g/mol. The van der Waals surface area contributed by atoms with Crippen molar-refractivity contribution in [1.82, 2.24) is 10.6 Å². The average Bonchev–Trinajstić information content (AvgIpc) is 2.73. The first-order chi connectivity index (χ1) is 9.33. The molecular formula is C13H16N4O3. The van der Waals surface area contributed by atoms with Gasteiger partial charge in [-0.3, -0.25) is 9.59 Å². The van der Waals surface area contributed by atoms with E-state index in [1.807, 2.05) is 6.07 Å². The summed E-state index contributed by atoms with van der Waals surface area (Å²) in [5.41, 5.74) is 1.32. The Kier molecular flexibility index (Phi) is 2.28. The van der Waals surface area contributed by atoms with Gasteiger partial charge in [-0.15, -0.1) is 0 Å². The number of carbonyl (C=O) groups is 2. The lowest BCUT2D eigenvalue weighted by molar-refractivity contribution is -0.153. The van der Waals surface area contributed by atoms with E-state index in [4.69, 9.17) is 5.73 Å². The molecule has 2 aliphatic heterocycles. The quantitative estimate of drug-likeness (QED) is 0.430. The second-order valence-electron chi connectivity index (χ2n) is 5.96. The number of carbonyl (C=O) groups excluding carboxylic acids is 2. The number of nitrogens with zero attached hydrogens (tertiary/aromatic N) is 1. The van der Waals surface area contributed by atoms with Gasteiger partial charge in [-0.25, -0.2) is 0 Å². The summed E-state index contributed by atoms with van der Waals surface area (Å²) in [4.78, 5) is 25.0. The van der Waals surface area contributed by atoms with E-state index in [0.29, 0.717) is 12.8 Å². The van der Waals surface area contributed by atoms with Crippen LogP contribution in [0.15, 0.2) is 11.4 Å². The van der Waals surface area contributed by atoms with E-state index >= 15 is 0 Å². The van der Waals surface area contributed by atoms with Crippen molar-refractivity contribution in [3.8, 4) is 6.07 Å². The molecule has 2 heterocycles. The predicted octanol–water partition coefficient (Wildman–Crippen LogP) is -0.805. The van der Waals surface area contributed by atoms with Crippen LogP contribution in [0.5, 0.6) is 0 Å². The molecule has 0 radical (unpaired) electrons. The van der Waals surface area contributed by atoms with Crippen LogP contribution < -0.4 is 16.4 Å². The van der Waals surface area contributed by atoms with Crippen LogP contribution in [-0.4, -0.2) is 22.6 Å². The van der Waals surface area contributed by atoms with E-state index < -0.39 is 28.4 Å². The number of hydrogen-bond acceptors (Lipinski definition) is 5. The van der Waals surface area contributed by atoms with Crippen LogP contribution in [0, 0.1) is 22.2 Å². The summed E-state index contributed by atoms with van der Waals surface area (Å²) in [5, 5.41) is 25.1. The Morgan fingerprint density at radius 3 is 2.60 bits per heavy atom. The second kappa shape index (κ2) is 3.52. The summed E-state index contributed by atoms with van der Waals surface area (Å²) >= 11 is 0. The Hall–Kier alpha value is -2.07. The largest absolute Gasteiger partial charge is 0.384 e. The molecular weight excluding hydrogens is 260 g/mol. The smallest absolute Gasteiger partial charge is 0.247 e. The van der Waals surface area contributed by atoms with Gasteiger partial charge in [0.05, 0.1) is 5.57 Å². The highest BCUT2D eigenvalue weighted by Gasteiger charge is 2.77. The normalized spacial score (nSPS) is 43.2. The molecule has 5 N–H and O–H groups in total. The first-order valence-electron chi connectivity index (χ1n) is 6.60. The van der Waals surface area contributed by atoms with Gasteiger partial charge in [0.2, 0.25) is 11.8 Å². The lowest BCUT2D eigenvalue weighted by Gasteiger charge is -2.47. The molecule has 2 fully saturated rings. The molecule has 1 spiro atoms. The maximum atomic E-state index is 12.5. The summed E-state index contributed by atoms with van der Waals surface area (Å²) in [6.07, 6.45) is 2.36. The number of hydrogen-bond donors (Lipinski definition) is 4. The van der Waals surface area contributed by atoms with Crippen LogP contribution in [0.2, 0.25) is 0 Å². The summed E-state index contributed by atoms with van der Waals surface area (Å²) < 4.78 is 0. The zero-order valence-electron chi connectivity index (χ0n) is 11.1. The molecule has 7 heteroatoms. The molecule has 0 aromatic rings. The highest BCUT2D eigenvalue weighted by molar-refractivity contribution is 6.14. The molecule has 1 aliphatic carbocycles. The van der Waals surface area contributed by atoms with Crippen molar-refractivity contribution in [3.05, 3.63) is 11.4 Å². The summed E-state index contributed by atoms with van der Waals surface area (Å²) in [6.45, 7) is 1.68. The van der Waals surface area contributed by atoms with E-state index in [0.717, 1.165) is 12.8 Å². The third kappa shape index (κ3) is 1.06. The highest BCUT2D eigenvalue weighted by atomic mass is 16.3. The molecule has 1 saturated carbocycles. The minimum atomic E-state index is -1.72. The zero-order chi connectivity index (χ0) is 14.8. The Morgan fingerprint density at radius 1 is 1.30 bits per heavy atom. The molecule has 2 amide bonds. The SMILES string of the molecule is C[C@@]12CCCC[C@@]1(O)NC(=O)[C@]21C(=O)NC(N)=C1C#N. The predicted molar refractivity (Wildman–Crippen MR) is 67.1 cm³/mol. The van der Waals surface area contributed by atoms with Gasteiger partial charge in [0, 0.05) is 5.41 Å². The van der Waals surface area contributed by atoms with Crippen molar-refractivity contribution in [1.29, 1.82) is 5.26 Å². The number of aliphatic hydroxyl groups is 1. The maximum Gasteiger partial charge on any atom is 0.247 e. The van der Waals surface area contributed by atoms with Crippen molar-refractivity contribution >= 4 is 11.8 Å². The van der Waals surface area contributed by atoms with Crippen LogP contribution >= 0.6 is 0 Å². The number of rotatable bonds is 0. The standard InChI is InChI=1S/C13H16N4O3/c1-11-4-2-3-5-12(11,20)17-10(19)13(11)7(6-14)8(15)16-9(13)18/h20H,2-5,15H2,1H3,(H,16,18)(H,17,19)/t11-,12+,13+/m1/s1. The van der Waals surface area contributed by atoms with E-state index in [1.54, 1.807) is 6.92 Å². The lowest BCUT2D eigenvalue weighted by Crippen LogP contribution is -2.58. The number of fused-ring (bicyclic) bond motifs is 2. The van der Waals surface area contributed by atoms with Gasteiger partial charge in [0.1, 0.15) is 17.6 Å². The Labute approximate surface area is 115 Å². The van der Waals surface area contributed by atoms with Gasteiger partial charge in [0.25, 0.3) is 0 Å². The van der Waals surface area contributed by atoms with Gasteiger partial charge in [-0.1, -0.05) is 13.3 Å². The molecule has 0 aromatic carbocycles. The fraction of sp³-hybridized carbons (Fsp3) is 0.615. The van der Waals surface area contributed by atoms with Gasteiger partial charge < -0.3 is 21.5 Å². The Balaban J connectivity index is 2.30. The van der Waals surface area contributed by atoms with Crippen molar-refractivity contribution < 1.29 is 14.7 Å². The van der Waals surface area contributed by atoms with E-state index in [-0.39, 0.29) is 11.4 Å². The molecule has 3 rings (SSSR count). The molecule has 20 heavy (non-hydrogen) atoms. The van der Waals surface area contributed by atoms with Gasteiger partial charge in [-0.05, 0) is 19.3 Å². The van der Waals surface area contributed by atoms with Gasteiger partial charge in [0.15, 0.2) is 5.41 Å². The summed E-state index contributed by atoms with van der Waals surface area (Å²) in [6, 6.07) is 1.88. The molecule has 1 saturated heterocycles. The summed E-state index contributed by atoms with van der Waals surface area (Å²) in [7, 11) is 0. The van der Waals surface area contributed by atoms with Gasteiger partial charge in [-0.2, -0.15) is 5.26 Å². The van der Waals surface area contributed by atoms with Gasteiger partial charge >= 0.3 is 0 Å².